The van der Waals surface area contributed by atoms with E-state index in [1.807, 2.05) is 60.9 Å². The van der Waals surface area contributed by atoms with E-state index in [1.165, 1.54) is 9.13 Å². The standard InChI is InChI=1S/C24H22N4O3S/c1-32-19-11-9-17(10-12-19)14-26-21(29)16-27-20-8-5-13-25-22(20)28(24(31)23(27)30)15-18-6-3-2-4-7-18/h2-13H,14-16H2,1H3,(H,26,29). The smallest absolute Gasteiger partial charge is 0.318 e. The minimum atomic E-state index is -0.749. The van der Waals surface area contributed by atoms with Crippen LogP contribution in [0.5, 0.6) is 0 Å². The molecule has 8 heteroatoms. The van der Waals surface area contributed by atoms with E-state index in [0.717, 1.165) is 16.0 Å². The average Bonchev–Trinajstić information content (AvgIpc) is 2.84. The molecule has 4 rings (SSSR count). The molecule has 4 aromatic rings. The summed E-state index contributed by atoms with van der Waals surface area (Å²) in [5, 5.41) is 2.82. The molecule has 32 heavy (non-hydrogen) atoms. The third-order valence-corrected chi connectivity index (χ3v) is 5.86. The highest BCUT2D eigenvalue weighted by molar-refractivity contribution is 7.98. The highest BCUT2D eigenvalue weighted by Crippen LogP contribution is 2.15. The maximum atomic E-state index is 12.9. The average molecular weight is 447 g/mol. The first-order chi connectivity index (χ1) is 15.6. The molecule has 0 fully saturated rings. The number of hydrogen-bond acceptors (Lipinski definition) is 5. The van der Waals surface area contributed by atoms with Gasteiger partial charge >= 0.3 is 11.1 Å². The second-order valence-electron chi connectivity index (χ2n) is 7.24. The van der Waals surface area contributed by atoms with E-state index in [4.69, 9.17) is 0 Å². The van der Waals surface area contributed by atoms with Gasteiger partial charge in [-0.05, 0) is 41.6 Å². The first kappa shape index (κ1) is 21.6. The molecular weight excluding hydrogens is 424 g/mol. The van der Waals surface area contributed by atoms with E-state index >= 15 is 0 Å². The molecule has 0 atom stereocenters. The monoisotopic (exact) mass is 446 g/mol. The van der Waals surface area contributed by atoms with E-state index in [2.05, 4.69) is 10.3 Å². The molecule has 2 aromatic heterocycles. The number of hydrogen-bond donors (Lipinski definition) is 1. The largest absolute Gasteiger partial charge is 0.350 e. The summed E-state index contributed by atoms with van der Waals surface area (Å²) in [4.78, 5) is 43.8. The number of rotatable bonds is 7. The van der Waals surface area contributed by atoms with Gasteiger partial charge in [0.1, 0.15) is 6.54 Å². The number of fused-ring (bicyclic) bond motifs is 1. The number of nitrogens with zero attached hydrogens (tertiary/aromatic N) is 3. The Kier molecular flexibility index (Phi) is 6.51. The fraction of sp³-hybridized carbons (Fsp3) is 0.167. The first-order valence-corrected chi connectivity index (χ1v) is 11.3. The van der Waals surface area contributed by atoms with Crippen LogP contribution in [0.25, 0.3) is 11.2 Å². The number of amides is 1. The SMILES string of the molecule is CSc1ccc(CNC(=O)Cn2c(=O)c(=O)n(Cc3ccccc3)c3ncccc32)cc1. The molecule has 0 bridgehead atoms. The number of thioether (sulfide) groups is 1. The van der Waals surface area contributed by atoms with Crippen LogP contribution in [-0.2, 0) is 24.4 Å². The van der Waals surface area contributed by atoms with Crippen LogP contribution in [-0.4, -0.2) is 26.3 Å². The predicted molar refractivity (Wildman–Crippen MR) is 126 cm³/mol. The molecule has 0 radical (unpaired) electrons. The van der Waals surface area contributed by atoms with Gasteiger partial charge in [0.25, 0.3) is 0 Å². The molecule has 2 heterocycles. The van der Waals surface area contributed by atoms with Crippen LogP contribution in [0.2, 0.25) is 0 Å². The van der Waals surface area contributed by atoms with Crippen LogP contribution in [0.15, 0.2) is 87.4 Å². The molecule has 162 valence electrons. The maximum absolute atomic E-state index is 12.9. The molecule has 0 aliphatic carbocycles. The lowest BCUT2D eigenvalue weighted by Crippen LogP contribution is -2.44. The highest BCUT2D eigenvalue weighted by Gasteiger charge is 2.16. The van der Waals surface area contributed by atoms with Crippen molar-refractivity contribution >= 4 is 28.8 Å². The predicted octanol–water partition coefficient (Wildman–Crippen LogP) is 2.64. The van der Waals surface area contributed by atoms with Gasteiger partial charge in [0.2, 0.25) is 5.91 Å². The maximum Gasteiger partial charge on any atom is 0.318 e. The minimum absolute atomic E-state index is 0.224. The van der Waals surface area contributed by atoms with Gasteiger partial charge in [0.05, 0.1) is 12.1 Å². The van der Waals surface area contributed by atoms with Crippen molar-refractivity contribution in [3.8, 4) is 0 Å². The van der Waals surface area contributed by atoms with E-state index in [0.29, 0.717) is 17.7 Å². The molecule has 1 amide bonds. The van der Waals surface area contributed by atoms with Gasteiger partial charge in [-0.15, -0.1) is 11.8 Å². The van der Waals surface area contributed by atoms with Crippen molar-refractivity contribution in [3.05, 3.63) is 105 Å². The van der Waals surface area contributed by atoms with Crippen LogP contribution < -0.4 is 16.4 Å². The Hall–Kier alpha value is -3.65. The Morgan fingerprint density at radius 2 is 1.62 bits per heavy atom. The molecular formula is C24H22N4O3S. The third-order valence-electron chi connectivity index (χ3n) is 5.12. The molecule has 0 aliphatic heterocycles. The Morgan fingerprint density at radius 1 is 0.906 bits per heavy atom. The van der Waals surface area contributed by atoms with Gasteiger partial charge in [-0.3, -0.25) is 23.5 Å². The van der Waals surface area contributed by atoms with Crippen LogP contribution >= 0.6 is 11.8 Å². The van der Waals surface area contributed by atoms with Gasteiger partial charge < -0.3 is 5.32 Å². The zero-order valence-electron chi connectivity index (χ0n) is 17.5. The minimum Gasteiger partial charge on any atom is -0.350 e. The van der Waals surface area contributed by atoms with Crippen LogP contribution in [0.3, 0.4) is 0 Å². The van der Waals surface area contributed by atoms with Crippen molar-refractivity contribution < 1.29 is 4.79 Å². The summed E-state index contributed by atoms with van der Waals surface area (Å²) in [5.74, 6) is -0.355. The van der Waals surface area contributed by atoms with E-state index in [-0.39, 0.29) is 19.0 Å². The lowest BCUT2D eigenvalue weighted by molar-refractivity contribution is -0.121. The summed E-state index contributed by atoms with van der Waals surface area (Å²) in [6, 6.07) is 20.6. The Morgan fingerprint density at radius 3 is 2.34 bits per heavy atom. The molecule has 0 saturated heterocycles. The number of benzene rings is 2. The van der Waals surface area contributed by atoms with Gasteiger partial charge in [0.15, 0.2) is 5.65 Å². The van der Waals surface area contributed by atoms with Gasteiger partial charge in [-0.1, -0.05) is 42.5 Å². The summed E-state index contributed by atoms with van der Waals surface area (Å²) < 4.78 is 2.55. The number of nitrogens with one attached hydrogen (secondary N) is 1. The van der Waals surface area contributed by atoms with Crippen molar-refractivity contribution in [2.24, 2.45) is 0 Å². The molecule has 2 aromatic carbocycles. The fourth-order valence-electron chi connectivity index (χ4n) is 3.46. The van der Waals surface area contributed by atoms with E-state index < -0.39 is 11.1 Å². The van der Waals surface area contributed by atoms with Gasteiger partial charge in [-0.25, -0.2) is 4.98 Å². The van der Waals surface area contributed by atoms with E-state index in [9.17, 15) is 14.4 Å². The number of aromatic nitrogens is 3. The topological polar surface area (TPSA) is 86.0 Å². The first-order valence-electron chi connectivity index (χ1n) is 10.1. The van der Waals surface area contributed by atoms with Crippen LogP contribution in [0, 0.1) is 0 Å². The molecule has 0 aliphatic rings. The Labute approximate surface area is 188 Å². The lowest BCUT2D eigenvalue weighted by atomic mass is 10.2. The zero-order valence-corrected chi connectivity index (χ0v) is 18.3. The molecule has 1 N–H and O–H groups in total. The summed E-state index contributed by atoms with van der Waals surface area (Å²) >= 11 is 1.65. The second kappa shape index (κ2) is 9.65. The number of carbonyl (C=O) groups excluding carboxylic acids is 1. The molecule has 0 unspecified atom stereocenters. The normalized spacial score (nSPS) is 10.9. The quantitative estimate of drug-likeness (QED) is 0.348. The number of pyridine rings is 1. The van der Waals surface area contributed by atoms with Gasteiger partial charge in [-0.2, -0.15) is 0 Å². The van der Waals surface area contributed by atoms with Crippen molar-refractivity contribution in [1.82, 2.24) is 19.4 Å². The third kappa shape index (κ3) is 4.65. The highest BCUT2D eigenvalue weighted by atomic mass is 32.2. The molecule has 7 nitrogen and oxygen atoms in total. The van der Waals surface area contributed by atoms with E-state index in [1.54, 1.807) is 30.1 Å². The van der Waals surface area contributed by atoms with Crippen molar-refractivity contribution in [2.75, 3.05) is 6.26 Å². The summed E-state index contributed by atoms with van der Waals surface area (Å²) in [5.41, 5.74) is 1.17. The Balaban J connectivity index is 1.60. The number of carbonyl (C=O) groups is 1. The van der Waals surface area contributed by atoms with Crippen LogP contribution in [0.1, 0.15) is 11.1 Å². The van der Waals surface area contributed by atoms with Crippen LogP contribution in [0.4, 0.5) is 0 Å². The molecule has 0 saturated carbocycles. The molecule has 0 spiro atoms. The summed E-state index contributed by atoms with van der Waals surface area (Å²) in [7, 11) is 0. The van der Waals surface area contributed by atoms with Crippen molar-refractivity contribution in [2.45, 2.75) is 24.5 Å². The van der Waals surface area contributed by atoms with Crippen molar-refractivity contribution in [1.29, 1.82) is 0 Å². The van der Waals surface area contributed by atoms with Gasteiger partial charge in [0, 0.05) is 17.6 Å². The summed E-state index contributed by atoms with van der Waals surface area (Å²) in [6.07, 6.45) is 3.57. The summed E-state index contributed by atoms with van der Waals surface area (Å²) in [6.45, 7) is 0.302. The van der Waals surface area contributed by atoms with Crippen molar-refractivity contribution in [3.63, 3.8) is 0 Å². The second-order valence-corrected chi connectivity index (χ2v) is 8.12. The Bertz CT molecular complexity index is 1360. The fourth-order valence-corrected chi connectivity index (χ4v) is 3.87. The zero-order chi connectivity index (χ0) is 22.5. The lowest BCUT2D eigenvalue weighted by Gasteiger charge is -2.14.